The quantitative estimate of drug-likeness (QED) is 0.188. The van der Waals surface area contributed by atoms with Crippen LogP contribution in [0.25, 0.3) is 69.8 Å². The zero-order chi connectivity index (χ0) is 29.0. The predicted octanol–water partition coefficient (Wildman–Crippen LogP) is 12.6. The van der Waals surface area contributed by atoms with E-state index in [2.05, 4.69) is 157 Å². The van der Waals surface area contributed by atoms with Crippen molar-refractivity contribution in [3.63, 3.8) is 0 Å². The van der Waals surface area contributed by atoms with Crippen LogP contribution >= 0.6 is 19.3 Å². The first kappa shape index (κ1) is 25.6. The van der Waals surface area contributed by atoms with Gasteiger partial charge >= 0.3 is 0 Å². The molecule has 9 rings (SSSR count). The van der Waals surface area contributed by atoms with Gasteiger partial charge in [-0.25, -0.2) is 0 Å². The minimum absolute atomic E-state index is 0.563. The molecule has 0 saturated heterocycles. The van der Waals surface area contributed by atoms with Gasteiger partial charge in [0.2, 0.25) is 0 Å². The summed E-state index contributed by atoms with van der Waals surface area (Å²) >= 11 is 1.87. The summed E-state index contributed by atoms with van der Waals surface area (Å²) in [7, 11) is -0.563. The van der Waals surface area contributed by atoms with Crippen molar-refractivity contribution in [1.29, 1.82) is 0 Å². The van der Waals surface area contributed by atoms with Crippen LogP contribution in [0.3, 0.4) is 0 Å². The molecule has 0 aliphatic carbocycles. The number of hydrogen-bond donors (Lipinski definition) is 0. The normalized spacial score (nSPS) is 12.1. The van der Waals surface area contributed by atoms with Crippen LogP contribution in [-0.4, -0.2) is 4.98 Å². The Morgan fingerprint density at radius 2 is 1.16 bits per heavy atom. The smallest absolute Gasteiger partial charge is 0.0353 e. The molecule has 0 N–H and O–H groups in total. The molecule has 0 aliphatic rings. The Bertz CT molecular complexity index is 2470. The highest BCUT2D eigenvalue weighted by molar-refractivity contribution is 7.99. The van der Waals surface area contributed by atoms with Crippen molar-refractivity contribution >= 4 is 72.6 Å². The average molecular weight is 596 g/mol. The van der Waals surface area contributed by atoms with Gasteiger partial charge in [-0.3, -0.25) is 4.98 Å². The summed E-state index contributed by atoms with van der Waals surface area (Å²) in [4.78, 5) is 7.17. The lowest BCUT2D eigenvalue weighted by Crippen LogP contribution is -1.91. The molecule has 44 heavy (non-hydrogen) atoms. The zero-order valence-corrected chi connectivity index (χ0v) is 25.5. The van der Waals surface area contributed by atoms with Crippen LogP contribution in [0.4, 0.5) is 0 Å². The van der Waals surface area contributed by atoms with E-state index in [0.717, 1.165) is 0 Å². The molecule has 206 valence electrons. The number of aromatic nitrogens is 1. The van der Waals surface area contributed by atoms with Gasteiger partial charge in [0.25, 0.3) is 0 Å². The van der Waals surface area contributed by atoms with Gasteiger partial charge in [0.05, 0.1) is 0 Å². The Hall–Kier alpha value is -4.88. The third kappa shape index (κ3) is 3.99. The first-order valence-corrected chi connectivity index (χ1v) is 17.0. The van der Waals surface area contributed by atoms with E-state index >= 15 is 0 Å². The lowest BCUT2D eigenvalue weighted by molar-refractivity contribution is 1.36. The Balaban J connectivity index is 1.28. The van der Waals surface area contributed by atoms with Gasteiger partial charge in [-0.15, -0.1) is 0 Å². The van der Waals surface area contributed by atoms with Gasteiger partial charge in [-0.05, 0) is 78.4 Å². The number of nitrogens with zero attached hydrogens (tertiary/aromatic N) is 1. The second-order valence-corrected chi connectivity index (χ2v) is 14.4. The van der Waals surface area contributed by atoms with Crippen LogP contribution in [0.2, 0.25) is 0 Å². The van der Waals surface area contributed by atoms with Gasteiger partial charge in [0, 0.05) is 37.8 Å². The monoisotopic (exact) mass is 595 g/mol. The Morgan fingerprint density at radius 3 is 2.05 bits per heavy atom. The summed E-state index contributed by atoms with van der Waals surface area (Å²) < 4.78 is 0. The molecule has 0 saturated carbocycles. The van der Waals surface area contributed by atoms with Crippen molar-refractivity contribution in [2.45, 2.75) is 9.79 Å². The molecule has 2 heterocycles. The van der Waals surface area contributed by atoms with Crippen LogP contribution in [0.15, 0.2) is 168 Å². The largest absolute Gasteiger partial charge is 0.264 e. The van der Waals surface area contributed by atoms with Crippen molar-refractivity contribution in [2.75, 3.05) is 0 Å². The second kappa shape index (κ2) is 10.4. The highest BCUT2D eigenvalue weighted by Crippen LogP contribution is 2.56. The van der Waals surface area contributed by atoms with Gasteiger partial charge in [-0.1, -0.05) is 141 Å². The van der Waals surface area contributed by atoms with Gasteiger partial charge in [0.15, 0.2) is 0 Å². The third-order valence-electron chi connectivity index (χ3n) is 8.71. The van der Waals surface area contributed by atoms with E-state index in [1.807, 2.05) is 18.0 Å². The van der Waals surface area contributed by atoms with E-state index in [1.54, 1.807) is 0 Å². The van der Waals surface area contributed by atoms with Gasteiger partial charge in [-0.2, -0.15) is 0 Å². The van der Waals surface area contributed by atoms with Crippen LogP contribution in [0.1, 0.15) is 0 Å². The Morgan fingerprint density at radius 1 is 0.477 bits per heavy atom. The highest BCUT2D eigenvalue weighted by atomic mass is 32.2. The van der Waals surface area contributed by atoms with Crippen molar-refractivity contribution in [2.24, 2.45) is 0 Å². The number of rotatable bonds is 4. The topological polar surface area (TPSA) is 12.9 Å². The molecule has 1 nitrogen and oxygen atoms in total. The summed E-state index contributed by atoms with van der Waals surface area (Å²) in [6.45, 7) is 0. The minimum atomic E-state index is -0.563. The fourth-order valence-electron chi connectivity index (χ4n) is 6.81. The maximum atomic E-state index is 4.64. The first-order valence-electron chi connectivity index (χ1n) is 14.9. The fraction of sp³-hybridized carbons (Fsp3) is 0. The van der Waals surface area contributed by atoms with Crippen LogP contribution in [0.5, 0.6) is 0 Å². The number of fused-ring (bicyclic) bond motifs is 6. The van der Waals surface area contributed by atoms with Crippen LogP contribution < -0.4 is 0 Å². The maximum Gasteiger partial charge on any atom is 0.0353 e. The molecule has 0 amide bonds. The third-order valence-corrected chi connectivity index (χ3v) is 12.4. The summed E-state index contributed by atoms with van der Waals surface area (Å²) in [5.41, 5.74) is 2.50. The molecule has 7 aromatic carbocycles. The summed E-state index contributed by atoms with van der Waals surface area (Å²) in [6.07, 6.45) is 3.98. The molecule has 0 radical (unpaired) electrons. The second-order valence-electron chi connectivity index (χ2n) is 11.2. The van der Waals surface area contributed by atoms with Crippen molar-refractivity contribution < 1.29 is 0 Å². The lowest BCUT2D eigenvalue weighted by atomic mass is 9.90. The molecule has 0 bridgehead atoms. The van der Waals surface area contributed by atoms with Crippen LogP contribution in [0, 0.1) is 0 Å². The SMILES string of the molecule is c1ccc(-p2c3ccccc3c3cc(Sc4c5ccccc5c(-c5cccc6ccccc56)c5cnccc45)ccc32)cc1. The van der Waals surface area contributed by atoms with E-state index in [1.165, 1.54) is 79.5 Å². The molecule has 0 aliphatic heterocycles. The van der Waals surface area contributed by atoms with E-state index in [9.17, 15) is 0 Å². The Labute approximate surface area is 260 Å². The molecule has 9 aromatic rings. The Kier molecular flexibility index (Phi) is 6.04. The average Bonchev–Trinajstić information content (AvgIpc) is 3.42. The first-order chi connectivity index (χ1) is 21.8. The number of hydrogen-bond acceptors (Lipinski definition) is 2. The van der Waals surface area contributed by atoms with Crippen molar-refractivity contribution in [3.8, 4) is 16.4 Å². The number of pyridine rings is 1. The van der Waals surface area contributed by atoms with Crippen molar-refractivity contribution in [3.05, 3.63) is 158 Å². The maximum absolute atomic E-state index is 4.64. The minimum Gasteiger partial charge on any atom is -0.264 e. The molecule has 3 heteroatoms. The van der Waals surface area contributed by atoms with E-state index in [4.69, 9.17) is 0 Å². The lowest BCUT2D eigenvalue weighted by Gasteiger charge is -2.18. The molecule has 1 atom stereocenters. The predicted molar refractivity (Wildman–Crippen MR) is 192 cm³/mol. The molecule has 0 spiro atoms. The highest BCUT2D eigenvalue weighted by Gasteiger charge is 2.19. The van der Waals surface area contributed by atoms with E-state index in [0.29, 0.717) is 0 Å². The standard InChI is InChI=1S/C41H26NPS/c1-2-13-28(14-3-1)43-38-20-9-8-16-31(38)36-25-29(21-22-39(36)43)44-41-34-18-7-6-17-33(34)40(37-26-42-24-23-35(37)41)32-19-10-12-27-11-4-5-15-30(27)32/h1-26H. The van der Waals surface area contributed by atoms with E-state index in [-0.39, 0.29) is 0 Å². The summed E-state index contributed by atoms with van der Waals surface area (Å²) in [6, 6.07) is 53.5. The molecular weight excluding hydrogens is 569 g/mol. The number of benzene rings is 7. The van der Waals surface area contributed by atoms with Crippen molar-refractivity contribution in [1.82, 2.24) is 4.98 Å². The molecular formula is C41H26NPS. The zero-order valence-electron chi connectivity index (χ0n) is 23.8. The summed E-state index contributed by atoms with van der Waals surface area (Å²) in [5, 5.41) is 14.5. The molecule has 2 aromatic heterocycles. The fourth-order valence-corrected chi connectivity index (χ4v) is 10.5. The molecule has 1 unspecified atom stereocenters. The summed E-state index contributed by atoms with van der Waals surface area (Å²) in [5.74, 6) is 0. The molecule has 0 fully saturated rings. The van der Waals surface area contributed by atoms with Crippen LogP contribution in [-0.2, 0) is 0 Å². The van der Waals surface area contributed by atoms with Gasteiger partial charge < -0.3 is 0 Å². The van der Waals surface area contributed by atoms with E-state index < -0.39 is 7.53 Å². The van der Waals surface area contributed by atoms with Gasteiger partial charge in [0.1, 0.15) is 0 Å².